The zero-order valence-electron chi connectivity index (χ0n) is 18.4. The van der Waals surface area contributed by atoms with Crippen molar-refractivity contribution in [2.24, 2.45) is 5.92 Å². The molecule has 0 bridgehead atoms. The average Bonchev–Trinajstić information content (AvgIpc) is 2.55. The number of nitrogens with one attached hydrogen (secondary N) is 1. The lowest BCUT2D eigenvalue weighted by atomic mass is 10.0. The Bertz CT molecular complexity index is 451. The molecule has 0 aliphatic rings. The number of carbonyl (C=O) groups excluding carboxylic acids is 3. The van der Waals surface area contributed by atoms with E-state index in [1.807, 2.05) is 41.5 Å². The molecule has 7 heteroatoms. The Morgan fingerprint density at radius 1 is 1.19 bits per heavy atom. The van der Waals surface area contributed by atoms with Crippen LogP contribution in [0.2, 0.25) is 0 Å². The standard InChI is InChI=1S/C19H36N2O4.CH4S/c1-8-19(6,7)25-12-10-18(4,5)20-16(23)9-11-21(14-22)17(24)13-15(2)3;1-2/h14-15H,8-13H2,1-7H3,(H,20,23);2H,1H3. The van der Waals surface area contributed by atoms with Gasteiger partial charge in [0.25, 0.3) is 0 Å². The normalized spacial score (nSPS) is 11.5. The third-order valence-electron chi connectivity index (χ3n) is 4.16. The van der Waals surface area contributed by atoms with Crippen LogP contribution in [0.4, 0.5) is 0 Å². The summed E-state index contributed by atoms with van der Waals surface area (Å²) < 4.78 is 5.83. The fourth-order valence-electron chi connectivity index (χ4n) is 2.11. The van der Waals surface area contributed by atoms with E-state index in [1.54, 1.807) is 6.26 Å². The molecular weight excluding hydrogens is 364 g/mol. The van der Waals surface area contributed by atoms with Crippen LogP contribution in [0.15, 0.2) is 0 Å². The summed E-state index contributed by atoms with van der Waals surface area (Å²) in [4.78, 5) is 36.2. The first kappa shape index (κ1) is 28.1. The van der Waals surface area contributed by atoms with Gasteiger partial charge in [-0.3, -0.25) is 19.3 Å². The number of thiol groups is 1. The van der Waals surface area contributed by atoms with Gasteiger partial charge in [-0.15, -0.1) is 0 Å². The van der Waals surface area contributed by atoms with Crippen LogP contribution in [-0.2, 0) is 19.1 Å². The molecule has 0 rings (SSSR count). The molecule has 0 radical (unpaired) electrons. The molecule has 160 valence electrons. The van der Waals surface area contributed by atoms with E-state index >= 15 is 0 Å². The fraction of sp³-hybridized carbons (Fsp3) is 0.850. The van der Waals surface area contributed by atoms with Crippen LogP contribution in [0.25, 0.3) is 0 Å². The summed E-state index contributed by atoms with van der Waals surface area (Å²) >= 11 is 3.53. The van der Waals surface area contributed by atoms with Crippen molar-refractivity contribution >= 4 is 30.9 Å². The fourth-order valence-corrected chi connectivity index (χ4v) is 2.11. The van der Waals surface area contributed by atoms with Crippen LogP contribution in [-0.4, -0.2) is 53.7 Å². The predicted molar refractivity (Wildman–Crippen MR) is 114 cm³/mol. The molecule has 0 heterocycles. The number of carbonyl (C=O) groups is 3. The van der Waals surface area contributed by atoms with Gasteiger partial charge in [0, 0.05) is 31.5 Å². The second kappa shape index (κ2) is 14.0. The van der Waals surface area contributed by atoms with Crippen molar-refractivity contribution in [2.75, 3.05) is 19.4 Å². The minimum absolute atomic E-state index is 0.104. The quantitative estimate of drug-likeness (QED) is 0.386. The highest BCUT2D eigenvalue weighted by molar-refractivity contribution is 7.79. The summed E-state index contributed by atoms with van der Waals surface area (Å²) in [7, 11) is 0. The maximum atomic E-state index is 12.1. The van der Waals surface area contributed by atoms with Crippen molar-refractivity contribution in [2.45, 2.75) is 85.3 Å². The molecule has 0 aliphatic carbocycles. The molecule has 3 amide bonds. The number of hydrogen-bond donors (Lipinski definition) is 2. The van der Waals surface area contributed by atoms with Crippen LogP contribution in [0.1, 0.15) is 74.1 Å². The molecule has 0 fully saturated rings. The molecule has 0 aromatic heterocycles. The number of ether oxygens (including phenoxy) is 1. The number of rotatable bonds is 12. The van der Waals surface area contributed by atoms with Crippen LogP contribution >= 0.6 is 12.6 Å². The molecule has 0 aromatic rings. The maximum Gasteiger partial charge on any atom is 0.229 e. The molecular formula is C20H40N2O4S. The Hall–Kier alpha value is -1.08. The van der Waals surface area contributed by atoms with Crippen molar-refractivity contribution in [3.8, 4) is 0 Å². The molecule has 1 N–H and O–H groups in total. The molecule has 0 atom stereocenters. The monoisotopic (exact) mass is 404 g/mol. The molecule has 0 spiro atoms. The van der Waals surface area contributed by atoms with Gasteiger partial charge in [0.05, 0.1) is 5.60 Å². The lowest BCUT2D eigenvalue weighted by Crippen LogP contribution is -2.46. The van der Waals surface area contributed by atoms with Gasteiger partial charge in [0.2, 0.25) is 18.2 Å². The molecule has 6 nitrogen and oxygen atoms in total. The second-order valence-electron chi connectivity index (χ2n) is 8.18. The molecule has 0 aromatic carbocycles. The van der Waals surface area contributed by atoms with Crippen molar-refractivity contribution in [3.63, 3.8) is 0 Å². The Morgan fingerprint density at radius 2 is 1.74 bits per heavy atom. The van der Waals surface area contributed by atoms with E-state index in [0.29, 0.717) is 25.9 Å². The highest BCUT2D eigenvalue weighted by Crippen LogP contribution is 2.16. The number of nitrogens with zero attached hydrogens (tertiary/aromatic N) is 1. The van der Waals surface area contributed by atoms with E-state index < -0.39 is 5.54 Å². The van der Waals surface area contributed by atoms with Crippen molar-refractivity contribution in [1.82, 2.24) is 10.2 Å². The highest BCUT2D eigenvalue weighted by Gasteiger charge is 2.23. The van der Waals surface area contributed by atoms with E-state index in [9.17, 15) is 14.4 Å². The SMILES string of the molecule is CCC(C)(C)OCCC(C)(C)NC(=O)CCN(C=O)C(=O)CC(C)C.CS. The first-order valence-corrected chi connectivity index (χ1v) is 10.5. The van der Waals surface area contributed by atoms with E-state index in [1.165, 1.54) is 0 Å². The van der Waals surface area contributed by atoms with Crippen LogP contribution < -0.4 is 5.32 Å². The van der Waals surface area contributed by atoms with Crippen molar-refractivity contribution in [3.05, 3.63) is 0 Å². The molecule has 0 aliphatic heterocycles. The molecule has 27 heavy (non-hydrogen) atoms. The van der Waals surface area contributed by atoms with Gasteiger partial charge < -0.3 is 10.1 Å². The van der Waals surface area contributed by atoms with E-state index in [0.717, 1.165) is 11.3 Å². The van der Waals surface area contributed by atoms with Crippen molar-refractivity contribution < 1.29 is 19.1 Å². The summed E-state index contributed by atoms with van der Waals surface area (Å²) in [5.41, 5.74) is -0.573. The number of amides is 3. The second-order valence-corrected chi connectivity index (χ2v) is 8.18. The van der Waals surface area contributed by atoms with Crippen LogP contribution in [0.3, 0.4) is 0 Å². The Kier molecular flexibility index (Phi) is 14.6. The first-order chi connectivity index (χ1) is 12.4. The van der Waals surface area contributed by atoms with Gasteiger partial charge in [0.1, 0.15) is 0 Å². The summed E-state index contributed by atoms with van der Waals surface area (Å²) in [5.74, 6) is -0.244. The summed E-state index contributed by atoms with van der Waals surface area (Å²) in [6.07, 6.45) is 4.21. The molecule has 0 saturated carbocycles. The van der Waals surface area contributed by atoms with Gasteiger partial charge in [-0.1, -0.05) is 20.8 Å². The van der Waals surface area contributed by atoms with Crippen molar-refractivity contribution in [1.29, 1.82) is 0 Å². The summed E-state index contributed by atoms with van der Waals surface area (Å²) in [6.45, 7) is 14.5. The molecule has 0 saturated heterocycles. The van der Waals surface area contributed by atoms with E-state index in [4.69, 9.17) is 4.74 Å². The smallest absolute Gasteiger partial charge is 0.229 e. The third-order valence-corrected chi connectivity index (χ3v) is 4.16. The topological polar surface area (TPSA) is 75.7 Å². The largest absolute Gasteiger partial charge is 0.375 e. The van der Waals surface area contributed by atoms with Gasteiger partial charge in [0.15, 0.2) is 0 Å². The maximum absolute atomic E-state index is 12.1. The third kappa shape index (κ3) is 14.6. The Balaban J connectivity index is 0. The van der Waals surface area contributed by atoms with Gasteiger partial charge in [-0.25, -0.2) is 0 Å². The average molecular weight is 405 g/mol. The van der Waals surface area contributed by atoms with E-state index in [-0.39, 0.29) is 36.3 Å². The Labute approximate surface area is 171 Å². The van der Waals surface area contributed by atoms with Gasteiger partial charge in [-0.05, 0) is 52.7 Å². The Morgan fingerprint density at radius 3 is 2.19 bits per heavy atom. The number of imide groups is 1. The molecule has 0 unspecified atom stereocenters. The zero-order valence-corrected chi connectivity index (χ0v) is 19.3. The summed E-state index contributed by atoms with van der Waals surface area (Å²) in [6, 6.07) is 0. The summed E-state index contributed by atoms with van der Waals surface area (Å²) in [5, 5.41) is 2.95. The van der Waals surface area contributed by atoms with E-state index in [2.05, 4.69) is 24.9 Å². The lowest BCUT2D eigenvalue weighted by Gasteiger charge is -2.30. The van der Waals surface area contributed by atoms with Gasteiger partial charge >= 0.3 is 0 Å². The predicted octanol–water partition coefficient (Wildman–Crippen LogP) is 3.44. The minimum Gasteiger partial charge on any atom is -0.375 e. The minimum atomic E-state index is -0.408. The zero-order chi connectivity index (χ0) is 21.7. The van der Waals surface area contributed by atoms with Gasteiger partial charge in [-0.2, -0.15) is 12.6 Å². The van der Waals surface area contributed by atoms with Crippen LogP contribution in [0.5, 0.6) is 0 Å². The highest BCUT2D eigenvalue weighted by atomic mass is 32.1. The lowest BCUT2D eigenvalue weighted by molar-refractivity contribution is -0.139. The number of hydrogen-bond acceptors (Lipinski definition) is 5. The van der Waals surface area contributed by atoms with Crippen LogP contribution in [0, 0.1) is 5.92 Å². The first-order valence-electron chi connectivity index (χ1n) is 9.57.